The highest BCUT2D eigenvalue weighted by molar-refractivity contribution is 6.31. The van der Waals surface area contributed by atoms with Crippen molar-refractivity contribution >= 4 is 11.6 Å². The minimum atomic E-state index is 0.00530. The van der Waals surface area contributed by atoms with E-state index in [1.54, 1.807) is 12.1 Å². The van der Waals surface area contributed by atoms with E-state index in [-0.39, 0.29) is 6.04 Å². The third kappa shape index (κ3) is 3.75. The fraction of sp³-hybridized carbons (Fsp3) is 0.235. The van der Waals surface area contributed by atoms with Gasteiger partial charge < -0.3 is 10.5 Å². The third-order valence-electron chi connectivity index (χ3n) is 3.29. The summed E-state index contributed by atoms with van der Waals surface area (Å²) in [4.78, 5) is 0. The number of nitrogens with zero attached hydrogens (tertiary/aromatic N) is 1. The van der Waals surface area contributed by atoms with Crippen LogP contribution in [0.25, 0.3) is 0 Å². The van der Waals surface area contributed by atoms with Gasteiger partial charge >= 0.3 is 0 Å². The number of nitriles is 1. The summed E-state index contributed by atoms with van der Waals surface area (Å²) in [5, 5.41) is 9.36. The zero-order chi connectivity index (χ0) is 15.4. The highest BCUT2D eigenvalue weighted by atomic mass is 35.5. The Labute approximate surface area is 129 Å². The number of benzene rings is 2. The van der Waals surface area contributed by atoms with Crippen LogP contribution in [-0.2, 0) is 6.61 Å². The first kappa shape index (κ1) is 15.4. The van der Waals surface area contributed by atoms with Gasteiger partial charge in [0, 0.05) is 16.6 Å². The predicted octanol–water partition coefficient (Wildman–Crippen LogP) is 4.12. The molecule has 1 atom stereocenters. The van der Waals surface area contributed by atoms with Crippen molar-refractivity contribution in [2.75, 3.05) is 0 Å². The number of aryl methyl sites for hydroxylation is 1. The molecule has 0 saturated heterocycles. The van der Waals surface area contributed by atoms with Crippen molar-refractivity contribution in [1.82, 2.24) is 0 Å². The van der Waals surface area contributed by atoms with Crippen LogP contribution in [0.4, 0.5) is 0 Å². The van der Waals surface area contributed by atoms with Crippen LogP contribution in [0.1, 0.15) is 35.2 Å². The van der Waals surface area contributed by atoms with Crippen LogP contribution in [0.2, 0.25) is 5.02 Å². The number of halogens is 1. The molecule has 2 aromatic rings. The van der Waals surface area contributed by atoms with Crippen LogP contribution < -0.4 is 10.5 Å². The van der Waals surface area contributed by atoms with E-state index in [9.17, 15) is 0 Å². The van der Waals surface area contributed by atoms with Gasteiger partial charge in [0.15, 0.2) is 0 Å². The first-order valence-corrected chi connectivity index (χ1v) is 7.06. The normalized spacial score (nSPS) is 11.8. The molecular weight excluding hydrogens is 284 g/mol. The van der Waals surface area contributed by atoms with Crippen molar-refractivity contribution in [3.8, 4) is 11.8 Å². The summed E-state index contributed by atoms with van der Waals surface area (Å²) in [6.45, 7) is 4.30. The summed E-state index contributed by atoms with van der Waals surface area (Å²) >= 11 is 6.13. The Morgan fingerprint density at radius 3 is 2.62 bits per heavy atom. The van der Waals surface area contributed by atoms with Crippen LogP contribution in [0.3, 0.4) is 0 Å². The molecule has 1 unspecified atom stereocenters. The van der Waals surface area contributed by atoms with Gasteiger partial charge in [0.05, 0.1) is 11.6 Å². The lowest BCUT2D eigenvalue weighted by Gasteiger charge is -2.13. The van der Waals surface area contributed by atoms with E-state index < -0.39 is 0 Å². The zero-order valence-corrected chi connectivity index (χ0v) is 12.8. The first-order valence-electron chi connectivity index (χ1n) is 6.68. The molecule has 0 heterocycles. The Kier molecular flexibility index (Phi) is 4.85. The van der Waals surface area contributed by atoms with Crippen molar-refractivity contribution in [3.05, 3.63) is 63.7 Å². The van der Waals surface area contributed by atoms with Gasteiger partial charge in [0.2, 0.25) is 0 Å². The molecule has 3 nitrogen and oxygen atoms in total. The molecule has 0 amide bonds. The second-order valence-corrected chi connectivity index (χ2v) is 5.43. The monoisotopic (exact) mass is 300 g/mol. The van der Waals surface area contributed by atoms with Crippen molar-refractivity contribution in [2.24, 2.45) is 5.73 Å². The van der Waals surface area contributed by atoms with Gasteiger partial charge in [-0.15, -0.1) is 0 Å². The number of rotatable bonds is 4. The number of nitrogens with two attached hydrogens (primary N) is 1. The van der Waals surface area contributed by atoms with E-state index in [0.29, 0.717) is 17.2 Å². The van der Waals surface area contributed by atoms with Gasteiger partial charge in [-0.3, -0.25) is 0 Å². The van der Waals surface area contributed by atoms with Crippen molar-refractivity contribution in [2.45, 2.75) is 26.5 Å². The molecule has 0 spiro atoms. The minimum Gasteiger partial charge on any atom is -0.489 e. The van der Waals surface area contributed by atoms with Gasteiger partial charge in [-0.2, -0.15) is 5.26 Å². The summed E-state index contributed by atoms with van der Waals surface area (Å²) in [6, 6.07) is 13.2. The fourth-order valence-corrected chi connectivity index (χ4v) is 2.24. The molecule has 0 aliphatic carbocycles. The Hall–Kier alpha value is -2.02. The van der Waals surface area contributed by atoms with Gasteiger partial charge in [-0.05, 0) is 43.2 Å². The topological polar surface area (TPSA) is 59.0 Å². The fourth-order valence-electron chi connectivity index (χ4n) is 2.01. The standard InChI is InChI=1S/C17H17ClN2O/c1-11-7-14(12(2)20)5-6-17(11)21-10-15-4-3-13(9-19)8-16(15)18/h3-8,12H,10,20H2,1-2H3. The van der Waals surface area contributed by atoms with Gasteiger partial charge in [-0.1, -0.05) is 29.8 Å². The molecule has 0 fully saturated rings. The molecule has 0 aliphatic heterocycles. The predicted molar refractivity (Wildman–Crippen MR) is 84.3 cm³/mol. The second kappa shape index (κ2) is 6.62. The van der Waals surface area contributed by atoms with Crippen molar-refractivity contribution in [3.63, 3.8) is 0 Å². The first-order chi connectivity index (χ1) is 10.0. The molecular formula is C17H17ClN2O. The van der Waals surface area contributed by atoms with Gasteiger partial charge in [-0.25, -0.2) is 0 Å². The number of hydrogen-bond donors (Lipinski definition) is 1. The van der Waals surface area contributed by atoms with Crippen molar-refractivity contribution < 1.29 is 4.74 Å². The Morgan fingerprint density at radius 2 is 2.05 bits per heavy atom. The van der Waals surface area contributed by atoms with E-state index in [2.05, 4.69) is 6.07 Å². The molecule has 2 N–H and O–H groups in total. The Balaban J connectivity index is 2.12. The molecule has 4 heteroatoms. The smallest absolute Gasteiger partial charge is 0.122 e. The maximum absolute atomic E-state index is 8.82. The molecule has 0 aliphatic rings. The van der Waals surface area contributed by atoms with Crippen LogP contribution >= 0.6 is 11.6 Å². The summed E-state index contributed by atoms with van der Waals surface area (Å²) < 4.78 is 5.80. The summed E-state index contributed by atoms with van der Waals surface area (Å²) in [5.74, 6) is 0.805. The van der Waals surface area contributed by atoms with Gasteiger partial charge in [0.25, 0.3) is 0 Å². The molecule has 0 saturated carbocycles. The molecule has 0 bridgehead atoms. The molecule has 2 rings (SSSR count). The van der Waals surface area contributed by atoms with Gasteiger partial charge in [0.1, 0.15) is 12.4 Å². The quantitative estimate of drug-likeness (QED) is 0.924. The lowest BCUT2D eigenvalue weighted by molar-refractivity contribution is 0.304. The Bertz CT molecular complexity index is 690. The molecule has 0 aromatic heterocycles. The Morgan fingerprint density at radius 1 is 1.29 bits per heavy atom. The number of hydrogen-bond acceptors (Lipinski definition) is 3. The highest BCUT2D eigenvalue weighted by Gasteiger charge is 2.07. The van der Waals surface area contributed by atoms with Crippen LogP contribution in [0.15, 0.2) is 36.4 Å². The third-order valence-corrected chi connectivity index (χ3v) is 3.64. The zero-order valence-electron chi connectivity index (χ0n) is 12.1. The molecule has 21 heavy (non-hydrogen) atoms. The number of ether oxygens (including phenoxy) is 1. The average Bonchev–Trinajstić information content (AvgIpc) is 2.46. The maximum atomic E-state index is 8.82. The molecule has 0 radical (unpaired) electrons. The summed E-state index contributed by atoms with van der Waals surface area (Å²) in [7, 11) is 0. The summed E-state index contributed by atoms with van der Waals surface area (Å²) in [5.41, 5.74) is 9.37. The van der Waals surface area contributed by atoms with Crippen LogP contribution in [0.5, 0.6) is 5.75 Å². The van der Waals surface area contributed by atoms with Crippen LogP contribution in [-0.4, -0.2) is 0 Å². The molecule has 2 aromatic carbocycles. The second-order valence-electron chi connectivity index (χ2n) is 5.02. The lowest BCUT2D eigenvalue weighted by atomic mass is 10.1. The van der Waals surface area contributed by atoms with E-state index in [4.69, 9.17) is 27.3 Å². The lowest BCUT2D eigenvalue weighted by Crippen LogP contribution is -2.05. The maximum Gasteiger partial charge on any atom is 0.122 e. The highest BCUT2D eigenvalue weighted by Crippen LogP contribution is 2.24. The van der Waals surface area contributed by atoms with E-state index in [1.807, 2.05) is 38.1 Å². The van der Waals surface area contributed by atoms with Crippen molar-refractivity contribution in [1.29, 1.82) is 5.26 Å². The summed E-state index contributed by atoms with van der Waals surface area (Å²) in [6.07, 6.45) is 0. The van der Waals surface area contributed by atoms with E-state index in [1.165, 1.54) is 0 Å². The van der Waals surface area contributed by atoms with Crippen LogP contribution in [0, 0.1) is 18.3 Å². The minimum absolute atomic E-state index is 0.00530. The largest absolute Gasteiger partial charge is 0.489 e. The van der Waals surface area contributed by atoms with E-state index in [0.717, 1.165) is 22.4 Å². The average molecular weight is 301 g/mol. The SMILES string of the molecule is Cc1cc(C(C)N)ccc1OCc1ccc(C#N)cc1Cl. The van der Waals surface area contributed by atoms with E-state index >= 15 is 0 Å². The molecule has 108 valence electrons.